The van der Waals surface area contributed by atoms with Gasteiger partial charge in [0.1, 0.15) is 28.4 Å². The number of nitrogens with zero attached hydrogens (tertiary/aromatic N) is 8. The number of aromatic nitrogens is 6. The van der Waals surface area contributed by atoms with E-state index in [2.05, 4.69) is 25.3 Å². The van der Waals surface area contributed by atoms with Crippen LogP contribution in [0.4, 0.5) is 9.18 Å². The van der Waals surface area contributed by atoms with Crippen LogP contribution < -0.4 is 4.74 Å². The lowest BCUT2D eigenvalue weighted by atomic mass is 9.85. The van der Waals surface area contributed by atoms with Gasteiger partial charge in [-0.1, -0.05) is 47.1 Å². The molecule has 1 aliphatic carbocycles. The van der Waals surface area contributed by atoms with Crippen molar-refractivity contribution >= 4 is 23.2 Å². The zero-order valence-corrected chi connectivity index (χ0v) is 30.0. The first-order valence-corrected chi connectivity index (χ1v) is 17.6. The number of pyridine rings is 2. The van der Waals surface area contributed by atoms with E-state index in [1.54, 1.807) is 21.7 Å². The molecule has 1 aromatic carbocycles. The topological polar surface area (TPSA) is 112 Å². The molecule has 1 saturated heterocycles. The highest BCUT2D eigenvalue weighted by atomic mass is 35.5. The smallest absolute Gasteiger partial charge is 0.410 e. The molecule has 1 aliphatic heterocycles. The number of halogens is 2. The summed E-state index contributed by atoms with van der Waals surface area (Å²) in [6.45, 7) is 11.2. The molecular formula is C37H42ClFN8O4. The van der Waals surface area contributed by atoms with E-state index >= 15 is 0 Å². The molecular weight excluding hydrogens is 675 g/mol. The monoisotopic (exact) mass is 716 g/mol. The van der Waals surface area contributed by atoms with E-state index in [9.17, 15) is 9.18 Å². The third-order valence-electron chi connectivity index (χ3n) is 9.38. The quantitative estimate of drug-likeness (QED) is 0.156. The summed E-state index contributed by atoms with van der Waals surface area (Å²) in [6.07, 6.45) is 5.58. The van der Waals surface area contributed by atoms with Gasteiger partial charge in [-0.05, 0) is 64.3 Å². The van der Waals surface area contributed by atoms with Crippen LogP contribution in [0, 0.1) is 12.7 Å². The fourth-order valence-electron chi connectivity index (χ4n) is 6.64. The van der Waals surface area contributed by atoms with Crippen LogP contribution in [0.1, 0.15) is 62.7 Å². The number of rotatable bonds is 10. The number of benzene rings is 1. The molecule has 12 nitrogen and oxygen atoms in total. The van der Waals surface area contributed by atoms with E-state index in [1.807, 2.05) is 75.0 Å². The summed E-state index contributed by atoms with van der Waals surface area (Å²) in [7, 11) is 0. The molecule has 14 heteroatoms. The van der Waals surface area contributed by atoms with Gasteiger partial charge >= 0.3 is 6.09 Å². The van der Waals surface area contributed by atoms with Gasteiger partial charge in [0.2, 0.25) is 0 Å². The molecule has 51 heavy (non-hydrogen) atoms. The highest BCUT2D eigenvalue weighted by molar-refractivity contribution is 6.34. The number of fused-ring (bicyclic) bond motifs is 1. The maximum absolute atomic E-state index is 13.8. The van der Waals surface area contributed by atoms with Crippen molar-refractivity contribution < 1.29 is 23.4 Å². The van der Waals surface area contributed by atoms with Crippen LogP contribution in [-0.4, -0.2) is 89.9 Å². The second kappa shape index (κ2) is 14.6. The number of amides is 1. The second-order valence-corrected chi connectivity index (χ2v) is 14.5. The standard InChI is InChI=1S/C37H42ClFN8O4/c1-24-34(42-43-47(24)29-17-28(18-29)44-12-14-45(15-13-44)36(48)51-37(2,3)4)26-16-32(35-30(38)20-41-46(35)21-26)50-33(31-11-10-27(39)19-40-31)23-49-22-25-8-6-5-7-9-25/h5-11,16,19-21,28-29,33H,12-15,17-18,22-23H2,1-4H3/t28?,29?,33-/m1/s1. The van der Waals surface area contributed by atoms with Crippen molar-refractivity contribution in [2.75, 3.05) is 32.8 Å². The number of hydrogen-bond donors (Lipinski definition) is 0. The number of ether oxygens (including phenoxy) is 3. The van der Waals surface area contributed by atoms with Crippen LogP contribution in [-0.2, 0) is 16.1 Å². The summed E-state index contributed by atoms with van der Waals surface area (Å²) in [6, 6.07) is 15.3. The summed E-state index contributed by atoms with van der Waals surface area (Å²) < 4.78 is 35.7. The average molecular weight is 717 g/mol. The maximum atomic E-state index is 13.8. The first-order chi connectivity index (χ1) is 24.5. The minimum atomic E-state index is -0.672. The maximum Gasteiger partial charge on any atom is 0.410 e. The zero-order chi connectivity index (χ0) is 35.7. The van der Waals surface area contributed by atoms with Gasteiger partial charge in [-0.25, -0.2) is 18.4 Å². The minimum Gasteiger partial charge on any atom is -0.479 e. The van der Waals surface area contributed by atoms with Crippen LogP contribution in [0.5, 0.6) is 5.75 Å². The van der Waals surface area contributed by atoms with Crippen molar-refractivity contribution in [3.63, 3.8) is 0 Å². The summed E-state index contributed by atoms with van der Waals surface area (Å²) >= 11 is 6.62. The molecule has 0 unspecified atom stereocenters. The minimum absolute atomic E-state index is 0.157. The van der Waals surface area contributed by atoms with E-state index in [0.717, 1.165) is 48.9 Å². The number of carbonyl (C=O) groups excluding carboxylic acids is 1. The van der Waals surface area contributed by atoms with Gasteiger partial charge in [0.05, 0.1) is 48.1 Å². The van der Waals surface area contributed by atoms with E-state index in [1.165, 1.54) is 6.07 Å². The van der Waals surface area contributed by atoms with Crippen LogP contribution >= 0.6 is 11.6 Å². The van der Waals surface area contributed by atoms with E-state index in [-0.39, 0.29) is 18.7 Å². The Morgan fingerprint density at radius 3 is 2.51 bits per heavy atom. The molecule has 0 spiro atoms. The van der Waals surface area contributed by atoms with Crippen molar-refractivity contribution in [3.05, 3.63) is 94.9 Å². The lowest BCUT2D eigenvalue weighted by Crippen LogP contribution is -2.55. The first-order valence-electron chi connectivity index (χ1n) is 17.2. The SMILES string of the molecule is Cc1c(-c2cc(O[C@H](COCc3ccccc3)c3ccc(F)cn3)c3c(Cl)cnn3c2)nnn1C1CC(N2CCN(C(=O)OC(C)(C)C)CC2)C1. The van der Waals surface area contributed by atoms with Crippen molar-refractivity contribution in [3.8, 4) is 17.0 Å². The van der Waals surface area contributed by atoms with Crippen molar-refractivity contribution in [2.24, 2.45) is 0 Å². The molecule has 0 bridgehead atoms. The zero-order valence-electron chi connectivity index (χ0n) is 29.2. The summed E-state index contributed by atoms with van der Waals surface area (Å²) in [5, 5.41) is 14.1. The molecule has 2 fully saturated rings. The fourth-order valence-corrected chi connectivity index (χ4v) is 6.87. The Labute approximate surface area is 301 Å². The molecule has 4 aromatic heterocycles. The van der Waals surface area contributed by atoms with Crippen LogP contribution in [0.2, 0.25) is 5.02 Å². The van der Waals surface area contributed by atoms with Crippen molar-refractivity contribution in [1.82, 2.24) is 39.4 Å². The Hall–Kier alpha value is -4.59. The van der Waals surface area contributed by atoms with Crippen molar-refractivity contribution in [2.45, 2.75) is 70.9 Å². The molecule has 1 atom stereocenters. The average Bonchev–Trinajstić information content (AvgIpc) is 3.66. The Bertz CT molecular complexity index is 1970. The second-order valence-electron chi connectivity index (χ2n) is 14.1. The molecule has 7 rings (SSSR count). The van der Waals surface area contributed by atoms with Crippen LogP contribution in [0.3, 0.4) is 0 Å². The normalized spacial score (nSPS) is 18.8. The molecule has 1 amide bonds. The number of piperazine rings is 1. The number of carbonyl (C=O) groups is 1. The molecule has 0 radical (unpaired) electrons. The highest BCUT2D eigenvalue weighted by Crippen LogP contribution is 2.39. The predicted molar refractivity (Wildman–Crippen MR) is 189 cm³/mol. The largest absolute Gasteiger partial charge is 0.479 e. The van der Waals surface area contributed by atoms with Gasteiger partial charge in [0.15, 0.2) is 6.10 Å². The van der Waals surface area contributed by atoms with Crippen LogP contribution in [0.25, 0.3) is 16.8 Å². The molecule has 0 N–H and O–H groups in total. The molecule has 268 valence electrons. The molecule has 2 aliphatic rings. The Morgan fingerprint density at radius 1 is 1.04 bits per heavy atom. The predicted octanol–water partition coefficient (Wildman–Crippen LogP) is 6.68. The van der Waals surface area contributed by atoms with Gasteiger partial charge in [-0.3, -0.25) is 9.88 Å². The third-order valence-corrected chi connectivity index (χ3v) is 9.66. The molecule has 5 aromatic rings. The summed E-state index contributed by atoms with van der Waals surface area (Å²) in [5.41, 5.74) is 4.00. The van der Waals surface area contributed by atoms with Gasteiger partial charge in [0.25, 0.3) is 0 Å². The summed E-state index contributed by atoms with van der Waals surface area (Å²) in [4.78, 5) is 21.1. The van der Waals surface area contributed by atoms with E-state index < -0.39 is 17.5 Å². The van der Waals surface area contributed by atoms with Crippen LogP contribution in [0.15, 0.2) is 67.1 Å². The highest BCUT2D eigenvalue weighted by Gasteiger charge is 2.38. The fraction of sp³-hybridized carbons (Fsp3) is 0.432. The lowest BCUT2D eigenvalue weighted by molar-refractivity contribution is -0.00173. The van der Waals surface area contributed by atoms with Gasteiger partial charge in [-0.15, -0.1) is 5.10 Å². The van der Waals surface area contributed by atoms with Gasteiger partial charge in [0, 0.05) is 44.0 Å². The Morgan fingerprint density at radius 2 is 1.80 bits per heavy atom. The van der Waals surface area contributed by atoms with E-state index in [0.29, 0.717) is 53.4 Å². The van der Waals surface area contributed by atoms with E-state index in [4.69, 9.17) is 25.8 Å². The Kier molecular flexibility index (Phi) is 9.95. The van der Waals surface area contributed by atoms with Gasteiger partial charge < -0.3 is 19.1 Å². The molecule has 5 heterocycles. The summed E-state index contributed by atoms with van der Waals surface area (Å²) in [5.74, 6) is 0.0145. The van der Waals surface area contributed by atoms with Crippen molar-refractivity contribution in [1.29, 1.82) is 0 Å². The number of hydrogen-bond acceptors (Lipinski definition) is 9. The third kappa shape index (κ3) is 7.85. The first kappa shape index (κ1) is 34.8. The molecule has 1 saturated carbocycles. The lowest BCUT2D eigenvalue weighted by Gasteiger charge is -2.46. The van der Waals surface area contributed by atoms with Gasteiger partial charge in [-0.2, -0.15) is 5.10 Å². The Balaban J connectivity index is 1.06.